The number of aromatic amines is 1. The van der Waals surface area contributed by atoms with E-state index >= 15 is 0 Å². The SMILES string of the molecule is Cc1cccc(C2CNNC2C2CCN(C(=O)c3nc[nH]c3C)CC2)c1. The summed E-state index contributed by atoms with van der Waals surface area (Å²) in [6, 6.07) is 9.24. The van der Waals surface area contributed by atoms with Gasteiger partial charge in [-0.25, -0.2) is 4.98 Å². The van der Waals surface area contributed by atoms with Gasteiger partial charge in [0.1, 0.15) is 5.69 Å². The van der Waals surface area contributed by atoms with Crippen molar-refractivity contribution in [2.24, 2.45) is 5.92 Å². The van der Waals surface area contributed by atoms with E-state index in [1.54, 1.807) is 6.33 Å². The van der Waals surface area contributed by atoms with Crippen LogP contribution in [0.15, 0.2) is 30.6 Å². The summed E-state index contributed by atoms with van der Waals surface area (Å²) in [5.74, 6) is 1.10. The van der Waals surface area contributed by atoms with Crippen LogP contribution in [0, 0.1) is 19.8 Å². The molecule has 2 aromatic rings. The van der Waals surface area contributed by atoms with E-state index in [1.165, 1.54) is 11.1 Å². The molecule has 2 fully saturated rings. The van der Waals surface area contributed by atoms with Crippen molar-refractivity contribution in [2.45, 2.75) is 38.6 Å². The summed E-state index contributed by atoms with van der Waals surface area (Å²) in [6.07, 6.45) is 3.64. The highest BCUT2D eigenvalue weighted by Gasteiger charge is 2.37. The molecular formula is C20H27N5O. The lowest BCUT2D eigenvalue weighted by Crippen LogP contribution is -2.46. The van der Waals surface area contributed by atoms with Crippen molar-refractivity contribution in [3.05, 3.63) is 53.1 Å². The standard InChI is InChI=1S/C20H27N5O/c1-13-4-3-5-16(10-13)17-11-23-24-19(17)15-6-8-25(9-7-15)20(26)18-14(2)21-12-22-18/h3-5,10,12,15,17,19,23-24H,6-9,11H2,1-2H3,(H,21,22). The van der Waals surface area contributed by atoms with Crippen LogP contribution in [0.5, 0.6) is 0 Å². The monoisotopic (exact) mass is 353 g/mol. The predicted molar refractivity (Wildman–Crippen MR) is 101 cm³/mol. The lowest BCUT2D eigenvalue weighted by atomic mass is 9.80. The van der Waals surface area contributed by atoms with Crippen molar-refractivity contribution in [2.75, 3.05) is 19.6 Å². The number of hydrogen-bond acceptors (Lipinski definition) is 4. The van der Waals surface area contributed by atoms with E-state index in [0.29, 0.717) is 23.6 Å². The zero-order valence-electron chi connectivity index (χ0n) is 15.5. The Labute approximate surface area is 154 Å². The number of amides is 1. The first kappa shape index (κ1) is 17.2. The summed E-state index contributed by atoms with van der Waals surface area (Å²) >= 11 is 0. The lowest BCUT2D eigenvalue weighted by Gasteiger charge is -2.36. The zero-order chi connectivity index (χ0) is 18.1. The number of hydrazine groups is 1. The molecule has 2 aliphatic rings. The smallest absolute Gasteiger partial charge is 0.274 e. The third-order valence-electron chi connectivity index (χ3n) is 5.86. The van der Waals surface area contributed by atoms with Crippen LogP contribution in [0.1, 0.15) is 46.1 Å². The normalized spacial score (nSPS) is 24.2. The van der Waals surface area contributed by atoms with Gasteiger partial charge in [-0.05, 0) is 38.2 Å². The Morgan fingerprint density at radius 1 is 1.23 bits per heavy atom. The fourth-order valence-electron chi connectivity index (χ4n) is 4.37. The minimum Gasteiger partial charge on any atom is -0.348 e. The summed E-state index contributed by atoms with van der Waals surface area (Å²) in [7, 11) is 0. The molecule has 0 spiro atoms. The van der Waals surface area contributed by atoms with Gasteiger partial charge < -0.3 is 9.88 Å². The Morgan fingerprint density at radius 2 is 2.04 bits per heavy atom. The van der Waals surface area contributed by atoms with Crippen LogP contribution in [0.2, 0.25) is 0 Å². The van der Waals surface area contributed by atoms with E-state index in [-0.39, 0.29) is 5.91 Å². The maximum absolute atomic E-state index is 12.6. The fraction of sp³-hybridized carbons (Fsp3) is 0.500. The number of aryl methyl sites for hydroxylation is 2. The Balaban J connectivity index is 1.41. The van der Waals surface area contributed by atoms with Gasteiger partial charge in [0.05, 0.1) is 6.33 Å². The molecule has 0 radical (unpaired) electrons. The molecule has 138 valence electrons. The number of hydrogen-bond donors (Lipinski definition) is 3. The Hall–Kier alpha value is -2.18. The molecule has 1 aromatic heterocycles. The van der Waals surface area contributed by atoms with Gasteiger partial charge in [0.15, 0.2) is 0 Å². The molecule has 3 N–H and O–H groups in total. The number of nitrogens with zero attached hydrogens (tertiary/aromatic N) is 2. The number of H-pyrrole nitrogens is 1. The summed E-state index contributed by atoms with van der Waals surface area (Å²) < 4.78 is 0. The molecule has 1 aromatic carbocycles. The van der Waals surface area contributed by atoms with Crippen LogP contribution in [0.4, 0.5) is 0 Å². The minimum absolute atomic E-state index is 0.0509. The highest BCUT2D eigenvalue weighted by Crippen LogP contribution is 2.33. The molecule has 0 aliphatic carbocycles. The van der Waals surface area contributed by atoms with E-state index in [4.69, 9.17) is 0 Å². The third-order valence-corrected chi connectivity index (χ3v) is 5.86. The van der Waals surface area contributed by atoms with Crippen LogP contribution in [-0.4, -0.2) is 46.5 Å². The average molecular weight is 353 g/mol. The lowest BCUT2D eigenvalue weighted by molar-refractivity contribution is 0.0664. The van der Waals surface area contributed by atoms with E-state index < -0.39 is 0 Å². The van der Waals surface area contributed by atoms with Crippen molar-refractivity contribution in [3.63, 3.8) is 0 Å². The van der Waals surface area contributed by atoms with Gasteiger partial charge in [0.2, 0.25) is 0 Å². The first-order valence-electron chi connectivity index (χ1n) is 9.47. The number of piperidine rings is 1. The van der Waals surface area contributed by atoms with Gasteiger partial charge in [-0.1, -0.05) is 29.8 Å². The van der Waals surface area contributed by atoms with Gasteiger partial charge in [0.25, 0.3) is 5.91 Å². The molecule has 6 nitrogen and oxygen atoms in total. The van der Waals surface area contributed by atoms with Crippen molar-refractivity contribution < 1.29 is 4.79 Å². The molecule has 6 heteroatoms. The fourth-order valence-corrected chi connectivity index (χ4v) is 4.37. The van der Waals surface area contributed by atoms with Gasteiger partial charge in [-0.15, -0.1) is 0 Å². The van der Waals surface area contributed by atoms with Gasteiger partial charge in [-0.3, -0.25) is 15.6 Å². The second-order valence-electron chi connectivity index (χ2n) is 7.58. The molecule has 4 rings (SSSR count). The summed E-state index contributed by atoms with van der Waals surface area (Å²) in [6.45, 7) is 6.60. The Kier molecular flexibility index (Phi) is 4.78. The second kappa shape index (κ2) is 7.21. The molecule has 2 atom stereocenters. The van der Waals surface area contributed by atoms with E-state index in [2.05, 4.69) is 52.0 Å². The maximum Gasteiger partial charge on any atom is 0.274 e. The van der Waals surface area contributed by atoms with Crippen LogP contribution < -0.4 is 10.9 Å². The van der Waals surface area contributed by atoms with Gasteiger partial charge >= 0.3 is 0 Å². The van der Waals surface area contributed by atoms with Crippen molar-refractivity contribution >= 4 is 5.91 Å². The van der Waals surface area contributed by atoms with Crippen LogP contribution in [0.25, 0.3) is 0 Å². The van der Waals surface area contributed by atoms with Gasteiger partial charge in [0, 0.05) is 37.3 Å². The third kappa shape index (κ3) is 3.27. The van der Waals surface area contributed by atoms with Crippen molar-refractivity contribution in [3.8, 4) is 0 Å². The molecule has 26 heavy (non-hydrogen) atoms. The molecular weight excluding hydrogens is 326 g/mol. The van der Waals surface area contributed by atoms with Crippen molar-refractivity contribution in [1.82, 2.24) is 25.7 Å². The number of imidazole rings is 1. The second-order valence-corrected chi connectivity index (χ2v) is 7.58. The van der Waals surface area contributed by atoms with E-state index in [0.717, 1.165) is 38.2 Å². The molecule has 2 unspecified atom stereocenters. The topological polar surface area (TPSA) is 73.0 Å². The number of likely N-dealkylation sites (tertiary alicyclic amines) is 1. The first-order valence-corrected chi connectivity index (χ1v) is 9.47. The molecule has 3 heterocycles. The highest BCUT2D eigenvalue weighted by molar-refractivity contribution is 5.93. The quantitative estimate of drug-likeness (QED) is 0.790. The van der Waals surface area contributed by atoms with Crippen LogP contribution in [0.3, 0.4) is 0 Å². The summed E-state index contributed by atoms with van der Waals surface area (Å²) in [5, 5.41) is 0. The number of carbonyl (C=O) groups excluding carboxylic acids is 1. The number of nitrogens with one attached hydrogen (secondary N) is 3. The van der Waals surface area contributed by atoms with Crippen LogP contribution in [-0.2, 0) is 0 Å². The minimum atomic E-state index is 0.0509. The van der Waals surface area contributed by atoms with Crippen LogP contribution >= 0.6 is 0 Å². The zero-order valence-corrected chi connectivity index (χ0v) is 15.5. The van der Waals surface area contributed by atoms with Crippen molar-refractivity contribution in [1.29, 1.82) is 0 Å². The molecule has 2 saturated heterocycles. The number of benzene rings is 1. The summed E-state index contributed by atoms with van der Waals surface area (Å²) in [4.78, 5) is 21.8. The molecule has 0 bridgehead atoms. The van der Waals surface area contributed by atoms with E-state index in [9.17, 15) is 4.79 Å². The highest BCUT2D eigenvalue weighted by atomic mass is 16.2. The Bertz CT molecular complexity index is 778. The Morgan fingerprint density at radius 3 is 2.73 bits per heavy atom. The van der Waals surface area contributed by atoms with Gasteiger partial charge in [-0.2, -0.15) is 0 Å². The predicted octanol–water partition coefficient (Wildman–Crippen LogP) is 2.14. The molecule has 0 saturated carbocycles. The average Bonchev–Trinajstić information content (AvgIpc) is 3.30. The first-order chi connectivity index (χ1) is 12.6. The number of aromatic nitrogens is 2. The largest absolute Gasteiger partial charge is 0.348 e. The molecule has 1 amide bonds. The van der Waals surface area contributed by atoms with E-state index in [1.807, 2.05) is 11.8 Å². The maximum atomic E-state index is 12.6. The number of rotatable bonds is 3. The molecule has 2 aliphatic heterocycles. The number of carbonyl (C=O) groups is 1. The summed E-state index contributed by atoms with van der Waals surface area (Å²) in [5.41, 5.74) is 11.0.